The van der Waals surface area contributed by atoms with Crippen LogP contribution < -0.4 is 5.32 Å². The summed E-state index contributed by atoms with van der Waals surface area (Å²) in [6, 6.07) is 13.3. The summed E-state index contributed by atoms with van der Waals surface area (Å²) in [6.07, 6.45) is 0.871. The van der Waals surface area contributed by atoms with Crippen LogP contribution in [-0.2, 0) is 22.4 Å². The van der Waals surface area contributed by atoms with Crippen molar-refractivity contribution in [2.75, 3.05) is 5.75 Å². The molecule has 0 saturated carbocycles. The van der Waals surface area contributed by atoms with Gasteiger partial charge in [0.15, 0.2) is 0 Å². The first-order chi connectivity index (χ1) is 12.2. The van der Waals surface area contributed by atoms with Gasteiger partial charge in [-0.2, -0.15) is 0 Å². The van der Waals surface area contributed by atoms with Crippen LogP contribution in [0.4, 0.5) is 0 Å². The van der Waals surface area contributed by atoms with Gasteiger partial charge in [0.05, 0.1) is 12.2 Å². The summed E-state index contributed by atoms with van der Waals surface area (Å²) in [5.74, 6) is 0.183. The van der Waals surface area contributed by atoms with Crippen molar-refractivity contribution >= 4 is 34.9 Å². The zero-order valence-corrected chi connectivity index (χ0v) is 14.9. The van der Waals surface area contributed by atoms with E-state index >= 15 is 0 Å². The lowest BCUT2D eigenvalue weighted by Crippen LogP contribution is -2.33. The number of hydrogen-bond acceptors (Lipinski definition) is 6. The van der Waals surface area contributed by atoms with Crippen molar-refractivity contribution in [2.45, 2.75) is 18.0 Å². The molecule has 6 nitrogen and oxygen atoms in total. The molecular weight excluding hydrogens is 356 g/mol. The Morgan fingerprint density at radius 1 is 1.12 bits per heavy atom. The molecule has 0 radical (unpaired) electrons. The molecule has 2 heterocycles. The number of carbonyl (C=O) groups excluding carboxylic acids is 2. The van der Waals surface area contributed by atoms with Gasteiger partial charge in [-0.15, -0.1) is 16.4 Å². The summed E-state index contributed by atoms with van der Waals surface area (Å²) >= 11 is 2.85. The molecule has 0 bridgehead atoms. The number of imide groups is 1. The summed E-state index contributed by atoms with van der Waals surface area (Å²) in [5, 5.41) is 11.8. The molecule has 8 heteroatoms. The summed E-state index contributed by atoms with van der Waals surface area (Å²) in [4.78, 5) is 29.2. The normalized spacial score (nSPS) is 10.6. The fourth-order valence-corrected chi connectivity index (χ4v) is 3.47. The van der Waals surface area contributed by atoms with E-state index < -0.39 is 0 Å². The van der Waals surface area contributed by atoms with Gasteiger partial charge in [-0.05, 0) is 17.0 Å². The van der Waals surface area contributed by atoms with Crippen molar-refractivity contribution in [3.05, 3.63) is 64.1 Å². The van der Waals surface area contributed by atoms with Crippen molar-refractivity contribution in [3.8, 4) is 0 Å². The molecule has 3 rings (SSSR count). The van der Waals surface area contributed by atoms with Crippen molar-refractivity contribution in [3.63, 3.8) is 0 Å². The molecule has 2 N–H and O–H groups in total. The molecule has 0 fully saturated rings. The van der Waals surface area contributed by atoms with Crippen LogP contribution in [0, 0.1) is 0 Å². The maximum Gasteiger partial charge on any atom is 0.237 e. The van der Waals surface area contributed by atoms with Crippen LogP contribution >= 0.6 is 23.1 Å². The minimum Gasteiger partial charge on any atom is -0.295 e. The highest BCUT2D eigenvalue weighted by molar-refractivity contribution is 7.99. The van der Waals surface area contributed by atoms with Crippen LogP contribution in [0.1, 0.15) is 16.3 Å². The molecule has 25 heavy (non-hydrogen) atoms. The highest BCUT2D eigenvalue weighted by Gasteiger charge is 2.11. The number of H-pyrrole nitrogens is 1. The maximum absolute atomic E-state index is 11.9. The van der Waals surface area contributed by atoms with Gasteiger partial charge in [-0.1, -0.05) is 48.2 Å². The van der Waals surface area contributed by atoms with Gasteiger partial charge < -0.3 is 0 Å². The van der Waals surface area contributed by atoms with Crippen LogP contribution in [0.2, 0.25) is 0 Å². The van der Waals surface area contributed by atoms with Gasteiger partial charge >= 0.3 is 0 Å². The molecule has 2 amide bonds. The molecule has 3 aromatic rings. The van der Waals surface area contributed by atoms with Gasteiger partial charge in [0.25, 0.3) is 0 Å². The molecule has 0 saturated heterocycles. The second kappa shape index (κ2) is 8.59. The standard InChI is InChI=1S/C17H16N4O2S2/c22-15(9-12-5-2-1-3-6-12)19-16(23)11-25-17-18-14(20-21-17)10-13-7-4-8-24-13/h1-8H,9-11H2,(H,18,20,21)(H,19,22,23). The zero-order valence-electron chi connectivity index (χ0n) is 13.3. The SMILES string of the molecule is O=C(CSc1n[nH]c(Cc2cccs2)n1)NC(=O)Cc1ccccc1. The monoisotopic (exact) mass is 372 g/mol. The second-order valence-electron chi connectivity index (χ2n) is 5.24. The van der Waals surface area contributed by atoms with Gasteiger partial charge in [0, 0.05) is 11.3 Å². The minimum atomic E-state index is -0.351. The Morgan fingerprint density at radius 2 is 1.96 bits per heavy atom. The first-order valence-electron chi connectivity index (χ1n) is 7.62. The number of thioether (sulfide) groups is 1. The number of amides is 2. The lowest BCUT2D eigenvalue weighted by Gasteiger charge is -2.03. The molecule has 2 aromatic heterocycles. The van der Waals surface area contributed by atoms with E-state index in [4.69, 9.17) is 0 Å². The molecule has 0 spiro atoms. The highest BCUT2D eigenvalue weighted by Crippen LogP contribution is 2.16. The Labute approximate surface area is 153 Å². The highest BCUT2D eigenvalue weighted by atomic mass is 32.2. The van der Waals surface area contributed by atoms with E-state index in [1.807, 2.05) is 47.8 Å². The number of rotatable bonds is 7. The average molecular weight is 372 g/mol. The van der Waals surface area contributed by atoms with Gasteiger partial charge in [0.1, 0.15) is 5.82 Å². The van der Waals surface area contributed by atoms with Crippen molar-refractivity contribution < 1.29 is 9.59 Å². The zero-order chi connectivity index (χ0) is 17.5. The summed E-state index contributed by atoms with van der Waals surface area (Å²) < 4.78 is 0. The summed E-state index contributed by atoms with van der Waals surface area (Å²) in [6.45, 7) is 0. The Kier molecular flexibility index (Phi) is 5.97. The van der Waals surface area contributed by atoms with Crippen LogP contribution in [0.25, 0.3) is 0 Å². The fraction of sp³-hybridized carbons (Fsp3) is 0.176. The van der Waals surface area contributed by atoms with E-state index in [2.05, 4.69) is 20.5 Å². The van der Waals surface area contributed by atoms with Crippen LogP contribution in [0.5, 0.6) is 0 Å². The molecule has 1 aromatic carbocycles. The Bertz CT molecular complexity index is 831. The third-order valence-electron chi connectivity index (χ3n) is 3.25. The third-order valence-corrected chi connectivity index (χ3v) is 4.98. The number of aromatic nitrogens is 3. The van der Waals surface area contributed by atoms with Crippen LogP contribution in [0.15, 0.2) is 53.0 Å². The number of thiophene rings is 1. The van der Waals surface area contributed by atoms with Crippen molar-refractivity contribution in [1.82, 2.24) is 20.5 Å². The smallest absolute Gasteiger partial charge is 0.237 e. The third kappa shape index (κ3) is 5.54. The number of carbonyl (C=O) groups is 2. The van der Waals surface area contributed by atoms with Crippen molar-refractivity contribution in [2.24, 2.45) is 0 Å². The lowest BCUT2D eigenvalue weighted by atomic mass is 10.1. The minimum absolute atomic E-state index is 0.0941. The number of nitrogens with one attached hydrogen (secondary N) is 2. The van der Waals surface area contributed by atoms with E-state index in [-0.39, 0.29) is 24.0 Å². The summed E-state index contributed by atoms with van der Waals surface area (Å²) in [5.41, 5.74) is 0.868. The predicted molar refractivity (Wildman–Crippen MR) is 97.5 cm³/mol. The lowest BCUT2D eigenvalue weighted by molar-refractivity contribution is -0.128. The predicted octanol–water partition coefficient (Wildman–Crippen LogP) is 2.43. The van der Waals surface area contributed by atoms with Gasteiger partial charge in [-0.25, -0.2) is 4.98 Å². The molecular formula is C17H16N4O2S2. The first kappa shape index (κ1) is 17.4. The molecule has 0 aliphatic rings. The number of benzene rings is 1. The largest absolute Gasteiger partial charge is 0.295 e. The summed E-state index contributed by atoms with van der Waals surface area (Å²) in [7, 11) is 0. The van der Waals surface area contributed by atoms with E-state index in [1.54, 1.807) is 11.3 Å². The van der Waals surface area contributed by atoms with Crippen LogP contribution in [0.3, 0.4) is 0 Å². The number of aromatic amines is 1. The molecule has 128 valence electrons. The average Bonchev–Trinajstić information content (AvgIpc) is 3.26. The number of nitrogens with zero attached hydrogens (tertiary/aromatic N) is 2. The maximum atomic E-state index is 11.9. The molecule has 0 aliphatic carbocycles. The second-order valence-corrected chi connectivity index (χ2v) is 7.22. The molecule has 0 unspecified atom stereocenters. The fourth-order valence-electron chi connectivity index (χ4n) is 2.15. The van der Waals surface area contributed by atoms with Crippen molar-refractivity contribution in [1.29, 1.82) is 0 Å². The Hall–Kier alpha value is -2.45. The van der Waals surface area contributed by atoms with E-state index in [9.17, 15) is 9.59 Å². The first-order valence-corrected chi connectivity index (χ1v) is 9.48. The van der Waals surface area contributed by atoms with Gasteiger partial charge in [-0.3, -0.25) is 20.0 Å². The Morgan fingerprint density at radius 3 is 2.72 bits per heavy atom. The van der Waals surface area contributed by atoms with Gasteiger partial charge in [0.2, 0.25) is 17.0 Å². The molecule has 0 aliphatic heterocycles. The van der Waals surface area contributed by atoms with E-state index in [0.717, 1.165) is 11.4 Å². The molecule has 0 atom stereocenters. The van der Waals surface area contributed by atoms with Crippen LogP contribution in [-0.4, -0.2) is 32.7 Å². The topological polar surface area (TPSA) is 87.7 Å². The van der Waals surface area contributed by atoms with E-state index in [0.29, 0.717) is 11.6 Å². The number of hydrogen-bond donors (Lipinski definition) is 2. The van der Waals surface area contributed by atoms with E-state index in [1.165, 1.54) is 16.6 Å². The quantitative estimate of drug-likeness (QED) is 0.622. The Balaban J connectivity index is 1.43.